The summed E-state index contributed by atoms with van der Waals surface area (Å²) in [6, 6.07) is 9.37. The van der Waals surface area contributed by atoms with Crippen LogP contribution in [0.2, 0.25) is 0 Å². The highest BCUT2D eigenvalue weighted by Crippen LogP contribution is 2.31. The lowest BCUT2D eigenvalue weighted by Gasteiger charge is -2.30. The summed E-state index contributed by atoms with van der Waals surface area (Å²) in [5.74, 6) is -2.92. The van der Waals surface area contributed by atoms with Gasteiger partial charge in [0.25, 0.3) is 5.91 Å². The number of rotatable bonds is 7. The van der Waals surface area contributed by atoms with Gasteiger partial charge < -0.3 is 10.0 Å². The summed E-state index contributed by atoms with van der Waals surface area (Å²) >= 11 is 0. The topological polar surface area (TPSA) is 95.9 Å². The van der Waals surface area contributed by atoms with Gasteiger partial charge in [0, 0.05) is 7.05 Å². The van der Waals surface area contributed by atoms with Crippen LogP contribution >= 0.6 is 0 Å². The molecule has 0 aromatic heterocycles. The molecule has 2 rings (SSSR count). The Hall–Kier alpha value is -2.41. The van der Waals surface area contributed by atoms with E-state index in [1.165, 1.54) is 11.9 Å². The van der Waals surface area contributed by atoms with Crippen LogP contribution < -0.4 is 5.48 Å². The number of carboxylic acid groups (broad SMARTS) is 1. The number of carboxylic acids is 1. The van der Waals surface area contributed by atoms with Gasteiger partial charge in [0.1, 0.15) is 6.54 Å². The molecule has 1 aliphatic rings. The Morgan fingerprint density at radius 2 is 1.80 bits per heavy atom. The fourth-order valence-electron chi connectivity index (χ4n) is 3.10. The van der Waals surface area contributed by atoms with Gasteiger partial charge in [0.15, 0.2) is 0 Å². The van der Waals surface area contributed by atoms with Crippen molar-refractivity contribution in [1.82, 2.24) is 10.4 Å². The van der Waals surface area contributed by atoms with Gasteiger partial charge in [-0.25, -0.2) is 5.48 Å². The highest BCUT2D eigenvalue weighted by atomic mass is 16.6. The minimum Gasteiger partial charge on any atom is -0.481 e. The lowest BCUT2D eigenvalue weighted by atomic mass is 9.78. The first-order valence-electron chi connectivity index (χ1n) is 8.41. The van der Waals surface area contributed by atoms with Crippen LogP contribution in [0.1, 0.15) is 31.2 Å². The third kappa shape index (κ3) is 5.56. The fraction of sp³-hybridized carbons (Fsp3) is 0.500. The number of benzene rings is 1. The number of hydrogen-bond acceptors (Lipinski definition) is 4. The Bertz CT molecular complexity index is 605. The molecule has 0 heterocycles. The van der Waals surface area contributed by atoms with Crippen LogP contribution in [0, 0.1) is 11.8 Å². The molecule has 25 heavy (non-hydrogen) atoms. The molecule has 2 N–H and O–H groups in total. The number of likely N-dealkylation sites (N-methyl/N-ethyl adjacent to an activating group) is 1. The maximum atomic E-state index is 12.5. The first kappa shape index (κ1) is 18.9. The summed E-state index contributed by atoms with van der Waals surface area (Å²) in [6.07, 6.45) is 2.71. The van der Waals surface area contributed by atoms with E-state index in [0.29, 0.717) is 12.8 Å². The molecule has 7 heteroatoms. The van der Waals surface area contributed by atoms with Crippen molar-refractivity contribution in [2.24, 2.45) is 11.8 Å². The normalized spacial score (nSPS) is 19.9. The van der Waals surface area contributed by atoms with Gasteiger partial charge in [-0.2, -0.15) is 0 Å². The molecule has 1 fully saturated rings. The summed E-state index contributed by atoms with van der Waals surface area (Å²) in [4.78, 5) is 42.1. The van der Waals surface area contributed by atoms with Crippen LogP contribution in [-0.4, -0.2) is 41.4 Å². The van der Waals surface area contributed by atoms with Gasteiger partial charge in [0.05, 0.1) is 18.4 Å². The zero-order valence-corrected chi connectivity index (χ0v) is 14.3. The average Bonchev–Trinajstić information content (AvgIpc) is 2.61. The van der Waals surface area contributed by atoms with Crippen molar-refractivity contribution in [2.45, 2.75) is 32.3 Å². The Balaban J connectivity index is 1.79. The quantitative estimate of drug-likeness (QED) is 0.730. The van der Waals surface area contributed by atoms with Crippen LogP contribution in [0.3, 0.4) is 0 Å². The van der Waals surface area contributed by atoms with Gasteiger partial charge in [-0.15, -0.1) is 0 Å². The first-order chi connectivity index (χ1) is 12.0. The van der Waals surface area contributed by atoms with Gasteiger partial charge in [-0.3, -0.25) is 19.2 Å². The van der Waals surface area contributed by atoms with E-state index >= 15 is 0 Å². The van der Waals surface area contributed by atoms with E-state index < -0.39 is 23.7 Å². The zero-order chi connectivity index (χ0) is 18.2. The average molecular weight is 348 g/mol. The molecule has 1 aliphatic carbocycles. The van der Waals surface area contributed by atoms with Crippen molar-refractivity contribution >= 4 is 17.8 Å². The smallest absolute Gasteiger partial charge is 0.307 e. The van der Waals surface area contributed by atoms with Gasteiger partial charge >= 0.3 is 5.97 Å². The molecule has 2 atom stereocenters. The predicted molar refractivity (Wildman–Crippen MR) is 90.1 cm³/mol. The minimum atomic E-state index is -0.943. The number of nitrogens with one attached hydrogen (secondary N) is 1. The molecular weight excluding hydrogens is 324 g/mol. The minimum absolute atomic E-state index is 0.170. The molecule has 1 aromatic rings. The third-order valence-corrected chi connectivity index (χ3v) is 4.43. The van der Waals surface area contributed by atoms with E-state index in [4.69, 9.17) is 4.84 Å². The van der Waals surface area contributed by atoms with E-state index in [9.17, 15) is 19.5 Å². The molecule has 7 nitrogen and oxygen atoms in total. The van der Waals surface area contributed by atoms with E-state index in [-0.39, 0.29) is 19.1 Å². The number of amides is 2. The van der Waals surface area contributed by atoms with Crippen molar-refractivity contribution in [3.8, 4) is 0 Å². The van der Waals surface area contributed by atoms with Gasteiger partial charge in [0.2, 0.25) is 5.91 Å². The van der Waals surface area contributed by atoms with Crippen LogP contribution in [0.15, 0.2) is 30.3 Å². The second-order valence-electron chi connectivity index (χ2n) is 6.33. The molecule has 1 aromatic carbocycles. The second-order valence-corrected chi connectivity index (χ2v) is 6.33. The Kier molecular flexibility index (Phi) is 6.94. The van der Waals surface area contributed by atoms with Crippen molar-refractivity contribution in [2.75, 3.05) is 13.6 Å². The number of nitrogens with zero attached hydrogens (tertiary/aromatic N) is 1. The summed E-state index contributed by atoms with van der Waals surface area (Å²) in [5.41, 5.74) is 3.22. The first-order valence-corrected chi connectivity index (χ1v) is 8.41. The largest absolute Gasteiger partial charge is 0.481 e. The molecule has 0 bridgehead atoms. The van der Waals surface area contributed by atoms with Crippen LogP contribution in [0.25, 0.3) is 0 Å². The monoisotopic (exact) mass is 348 g/mol. The lowest BCUT2D eigenvalue weighted by molar-refractivity contribution is -0.153. The summed E-state index contributed by atoms with van der Waals surface area (Å²) in [5, 5.41) is 9.28. The molecule has 0 saturated heterocycles. The van der Waals surface area contributed by atoms with E-state index in [1.807, 2.05) is 30.3 Å². The molecular formula is C18H24N2O5. The second kappa shape index (κ2) is 9.17. The van der Waals surface area contributed by atoms with Crippen LogP contribution in [0.4, 0.5) is 0 Å². The highest BCUT2D eigenvalue weighted by Gasteiger charge is 2.37. The maximum absolute atomic E-state index is 12.5. The van der Waals surface area contributed by atoms with Crippen molar-refractivity contribution in [3.63, 3.8) is 0 Å². The fourth-order valence-corrected chi connectivity index (χ4v) is 3.10. The van der Waals surface area contributed by atoms with Gasteiger partial charge in [-0.1, -0.05) is 43.2 Å². The summed E-state index contributed by atoms with van der Waals surface area (Å²) in [6.45, 7) is 0.0599. The number of carbonyl (C=O) groups is 3. The molecule has 1 saturated carbocycles. The van der Waals surface area contributed by atoms with Crippen LogP contribution in [-0.2, 0) is 25.8 Å². The maximum Gasteiger partial charge on any atom is 0.307 e. The Morgan fingerprint density at radius 3 is 2.44 bits per heavy atom. The molecule has 0 unspecified atom stereocenters. The third-order valence-electron chi connectivity index (χ3n) is 4.43. The number of carbonyl (C=O) groups excluding carboxylic acids is 2. The SMILES string of the molecule is CN(CC(=O)NOCc1ccccc1)C(=O)[C@H]1CCCC[C@H]1C(=O)O. The summed E-state index contributed by atoms with van der Waals surface area (Å²) in [7, 11) is 1.51. The van der Waals surface area contributed by atoms with E-state index in [1.54, 1.807) is 0 Å². The van der Waals surface area contributed by atoms with Crippen molar-refractivity contribution < 1.29 is 24.3 Å². The number of hydrogen-bond donors (Lipinski definition) is 2. The Morgan fingerprint density at radius 1 is 1.16 bits per heavy atom. The molecule has 0 radical (unpaired) electrons. The predicted octanol–water partition coefficient (Wildman–Crippen LogP) is 1.58. The summed E-state index contributed by atoms with van der Waals surface area (Å²) < 4.78 is 0. The standard InChI is InChI=1S/C18H24N2O5/c1-20(17(22)14-9-5-6-10-15(14)18(23)24)11-16(21)19-25-12-13-7-3-2-4-8-13/h2-4,7-8,14-15H,5-6,9-12H2,1H3,(H,19,21)(H,23,24)/t14-,15+/m0/s1. The number of aliphatic carboxylic acids is 1. The molecule has 2 amide bonds. The molecule has 0 spiro atoms. The molecule has 0 aliphatic heterocycles. The van der Waals surface area contributed by atoms with E-state index in [2.05, 4.69) is 5.48 Å². The van der Waals surface area contributed by atoms with Crippen molar-refractivity contribution in [1.29, 1.82) is 0 Å². The van der Waals surface area contributed by atoms with Gasteiger partial charge in [-0.05, 0) is 18.4 Å². The van der Waals surface area contributed by atoms with E-state index in [0.717, 1.165) is 18.4 Å². The van der Waals surface area contributed by atoms with Crippen LogP contribution in [0.5, 0.6) is 0 Å². The highest BCUT2D eigenvalue weighted by molar-refractivity contribution is 5.88. The number of hydroxylamine groups is 1. The zero-order valence-electron chi connectivity index (χ0n) is 14.3. The lowest BCUT2D eigenvalue weighted by Crippen LogP contribution is -2.44. The molecule has 136 valence electrons. The Labute approximate surface area is 146 Å². The van der Waals surface area contributed by atoms with Crippen molar-refractivity contribution in [3.05, 3.63) is 35.9 Å².